The highest BCUT2D eigenvalue weighted by molar-refractivity contribution is 5.44. The summed E-state index contributed by atoms with van der Waals surface area (Å²) in [5.74, 6) is 0. The predicted octanol–water partition coefficient (Wildman–Crippen LogP) is 3.33. The van der Waals surface area contributed by atoms with Crippen molar-refractivity contribution in [2.45, 2.75) is 51.6 Å². The Hall–Kier alpha value is -1.42. The second-order valence-corrected chi connectivity index (χ2v) is 5.16. The fourth-order valence-electron chi connectivity index (χ4n) is 2.60. The zero-order valence-electron chi connectivity index (χ0n) is 11.0. The first kappa shape index (κ1) is 13.0. The van der Waals surface area contributed by atoms with Gasteiger partial charge in [0.15, 0.2) is 0 Å². The first-order valence-corrected chi connectivity index (χ1v) is 6.56. The number of hydrogen-bond acceptors (Lipinski definition) is 3. The topological polar surface area (TPSA) is 55.2 Å². The van der Waals surface area contributed by atoms with Gasteiger partial charge in [0.2, 0.25) is 0 Å². The van der Waals surface area contributed by atoms with Crippen LogP contribution in [0, 0.1) is 17.0 Å². The smallest absolute Gasteiger partial charge is 0.272 e. The van der Waals surface area contributed by atoms with Gasteiger partial charge in [0.1, 0.15) is 0 Å². The molecule has 18 heavy (non-hydrogen) atoms. The van der Waals surface area contributed by atoms with Crippen molar-refractivity contribution in [2.24, 2.45) is 0 Å². The molecule has 4 nitrogen and oxygen atoms in total. The molecule has 1 N–H and O–H groups in total. The van der Waals surface area contributed by atoms with E-state index in [2.05, 4.69) is 12.2 Å². The number of rotatable bonds is 5. The molecule has 1 fully saturated rings. The largest absolute Gasteiger partial charge is 0.307 e. The van der Waals surface area contributed by atoms with E-state index in [4.69, 9.17) is 0 Å². The summed E-state index contributed by atoms with van der Waals surface area (Å²) in [6, 6.07) is 5.30. The van der Waals surface area contributed by atoms with Crippen LogP contribution in [0.25, 0.3) is 0 Å². The lowest BCUT2D eigenvalue weighted by Crippen LogP contribution is -2.49. The van der Waals surface area contributed by atoms with E-state index < -0.39 is 0 Å². The molecule has 0 amide bonds. The normalized spacial score (nSPS) is 17.2. The second kappa shape index (κ2) is 5.06. The molecule has 0 radical (unpaired) electrons. The van der Waals surface area contributed by atoms with Crippen LogP contribution in [-0.4, -0.2) is 10.5 Å². The van der Waals surface area contributed by atoms with E-state index in [1.54, 1.807) is 12.1 Å². The average Bonchev–Trinajstić information content (AvgIpc) is 2.29. The Morgan fingerprint density at radius 3 is 2.67 bits per heavy atom. The van der Waals surface area contributed by atoms with Crippen molar-refractivity contribution in [3.63, 3.8) is 0 Å². The van der Waals surface area contributed by atoms with E-state index in [0.29, 0.717) is 0 Å². The Balaban J connectivity index is 2.10. The number of nitro groups is 1. The van der Waals surface area contributed by atoms with Gasteiger partial charge in [-0.15, -0.1) is 0 Å². The SMILES string of the molecule is CCC1(NCc2cccc([N+](=O)[O-])c2C)CCC1. The molecule has 0 unspecified atom stereocenters. The summed E-state index contributed by atoms with van der Waals surface area (Å²) in [5, 5.41) is 14.5. The van der Waals surface area contributed by atoms with Crippen LogP contribution in [0.4, 0.5) is 5.69 Å². The number of nitro benzene ring substituents is 1. The molecule has 0 spiro atoms. The van der Waals surface area contributed by atoms with Crippen molar-refractivity contribution in [3.8, 4) is 0 Å². The van der Waals surface area contributed by atoms with E-state index >= 15 is 0 Å². The van der Waals surface area contributed by atoms with Gasteiger partial charge in [-0.2, -0.15) is 0 Å². The molecule has 1 aliphatic carbocycles. The first-order valence-electron chi connectivity index (χ1n) is 6.56. The maximum absolute atomic E-state index is 10.9. The van der Waals surface area contributed by atoms with E-state index in [1.807, 2.05) is 13.0 Å². The molecule has 0 heterocycles. The summed E-state index contributed by atoms with van der Waals surface area (Å²) < 4.78 is 0. The van der Waals surface area contributed by atoms with Crippen LogP contribution >= 0.6 is 0 Å². The van der Waals surface area contributed by atoms with Crippen LogP contribution in [0.3, 0.4) is 0 Å². The minimum Gasteiger partial charge on any atom is -0.307 e. The quantitative estimate of drug-likeness (QED) is 0.642. The van der Waals surface area contributed by atoms with Crippen LogP contribution < -0.4 is 5.32 Å². The summed E-state index contributed by atoms with van der Waals surface area (Å²) >= 11 is 0. The van der Waals surface area contributed by atoms with E-state index in [-0.39, 0.29) is 16.1 Å². The summed E-state index contributed by atoms with van der Waals surface area (Å²) in [5.41, 5.74) is 2.30. The maximum Gasteiger partial charge on any atom is 0.272 e. The van der Waals surface area contributed by atoms with Crippen molar-refractivity contribution < 1.29 is 4.92 Å². The molecule has 0 aliphatic heterocycles. The van der Waals surface area contributed by atoms with Gasteiger partial charge < -0.3 is 5.32 Å². The van der Waals surface area contributed by atoms with E-state index in [0.717, 1.165) is 24.1 Å². The van der Waals surface area contributed by atoms with E-state index in [9.17, 15) is 10.1 Å². The molecular formula is C14H20N2O2. The molecule has 98 valence electrons. The third-order valence-corrected chi connectivity index (χ3v) is 4.26. The Labute approximate surface area is 108 Å². The fraction of sp³-hybridized carbons (Fsp3) is 0.571. The molecule has 1 saturated carbocycles. The Morgan fingerprint density at radius 1 is 1.44 bits per heavy atom. The standard InChI is InChI=1S/C14H20N2O2/c1-3-14(8-5-9-14)15-10-12-6-4-7-13(11(12)2)16(17)18/h4,6-7,15H,3,5,8-10H2,1-2H3. The lowest BCUT2D eigenvalue weighted by atomic mass is 9.75. The minimum absolute atomic E-state index is 0.216. The predicted molar refractivity (Wildman–Crippen MR) is 71.5 cm³/mol. The highest BCUT2D eigenvalue weighted by Crippen LogP contribution is 2.35. The van der Waals surface area contributed by atoms with Crippen molar-refractivity contribution in [1.29, 1.82) is 0 Å². The monoisotopic (exact) mass is 248 g/mol. The average molecular weight is 248 g/mol. The molecular weight excluding hydrogens is 228 g/mol. The lowest BCUT2D eigenvalue weighted by Gasteiger charge is -2.42. The lowest BCUT2D eigenvalue weighted by molar-refractivity contribution is -0.385. The van der Waals surface area contributed by atoms with Gasteiger partial charge in [-0.25, -0.2) is 0 Å². The molecule has 1 aromatic rings. The Kier molecular flexibility index (Phi) is 3.66. The highest BCUT2D eigenvalue weighted by atomic mass is 16.6. The summed E-state index contributed by atoms with van der Waals surface area (Å²) in [4.78, 5) is 10.6. The summed E-state index contributed by atoms with van der Waals surface area (Å²) in [7, 11) is 0. The highest BCUT2D eigenvalue weighted by Gasteiger charge is 2.34. The van der Waals surface area contributed by atoms with Gasteiger partial charge in [0.25, 0.3) is 5.69 Å². The molecule has 0 aromatic heterocycles. The first-order chi connectivity index (χ1) is 8.58. The van der Waals surface area contributed by atoms with Crippen LogP contribution in [-0.2, 0) is 6.54 Å². The molecule has 1 aromatic carbocycles. The Bertz CT molecular complexity index is 448. The van der Waals surface area contributed by atoms with Crippen LogP contribution in [0.15, 0.2) is 18.2 Å². The summed E-state index contributed by atoms with van der Waals surface area (Å²) in [6.45, 7) is 4.75. The fourth-order valence-corrected chi connectivity index (χ4v) is 2.60. The minimum atomic E-state index is -0.308. The molecule has 0 bridgehead atoms. The third kappa shape index (κ3) is 2.38. The maximum atomic E-state index is 10.9. The van der Waals surface area contributed by atoms with Crippen molar-refractivity contribution in [3.05, 3.63) is 39.4 Å². The number of nitrogens with one attached hydrogen (secondary N) is 1. The van der Waals surface area contributed by atoms with E-state index in [1.165, 1.54) is 19.3 Å². The molecule has 1 aliphatic rings. The molecule has 2 rings (SSSR count). The Morgan fingerprint density at radius 2 is 2.17 bits per heavy atom. The molecule has 0 atom stereocenters. The van der Waals surface area contributed by atoms with Gasteiger partial charge in [0, 0.05) is 23.7 Å². The number of benzene rings is 1. The van der Waals surface area contributed by atoms with Gasteiger partial charge >= 0.3 is 0 Å². The zero-order valence-corrected chi connectivity index (χ0v) is 11.0. The third-order valence-electron chi connectivity index (χ3n) is 4.26. The molecule has 0 saturated heterocycles. The second-order valence-electron chi connectivity index (χ2n) is 5.16. The van der Waals surface area contributed by atoms with Crippen LogP contribution in [0.5, 0.6) is 0 Å². The molecule has 4 heteroatoms. The zero-order chi connectivity index (χ0) is 13.2. The van der Waals surface area contributed by atoms with Gasteiger partial charge in [0.05, 0.1) is 4.92 Å². The van der Waals surface area contributed by atoms with Gasteiger partial charge in [-0.1, -0.05) is 19.1 Å². The van der Waals surface area contributed by atoms with Gasteiger partial charge in [-0.05, 0) is 38.2 Å². The van der Waals surface area contributed by atoms with Crippen LogP contribution in [0.1, 0.15) is 43.7 Å². The van der Waals surface area contributed by atoms with Gasteiger partial charge in [-0.3, -0.25) is 10.1 Å². The number of nitrogens with zero attached hydrogens (tertiary/aromatic N) is 1. The van der Waals surface area contributed by atoms with Crippen molar-refractivity contribution in [1.82, 2.24) is 5.32 Å². The van der Waals surface area contributed by atoms with Crippen molar-refractivity contribution in [2.75, 3.05) is 0 Å². The summed E-state index contributed by atoms with van der Waals surface area (Å²) in [6.07, 6.45) is 4.85. The van der Waals surface area contributed by atoms with Crippen molar-refractivity contribution >= 4 is 5.69 Å². The number of hydrogen-bond donors (Lipinski definition) is 1. The van der Waals surface area contributed by atoms with Crippen LogP contribution in [0.2, 0.25) is 0 Å².